The molecule has 2 amide bonds. The van der Waals surface area contributed by atoms with E-state index in [1.165, 1.54) is 5.39 Å². The molecule has 2 aliphatic heterocycles. The van der Waals surface area contributed by atoms with Crippen LogP contribution in [0.4, 0.5) is 0 Å². The highest BCUT2D eigenvalue weighted by atomic mass is 16.6. The topological polar surface area (TPSA) is 66.9 Å². The SMILES string of the molecule is O=C1C[C@H](C(=O)N2CCC(=O)N(Cc3ccc4ccccc4c3)CC2)C2(CCCCC2)O1. The summed E-state index contributed by atoms with van der Waals surface area (Å²) >= 11 is 0. The van der Waals surface area contributed by atoms with Crippen molar-refractivity contribution in [2.24, 2.45) is 5.92 Å². The molecule has 2 heterocycles. The second kappa shape index (κ2) is 8.57. The lowest BCUT2D eigenvalue weighted by atomic mass is 9.75. The summed E-state index contributed by atoms with van der Waals surface area (Å²) in [5.41, 5.74) is 0.473. The smallest absolute Gasteiger partial charge is 0.307 e. The molecule has 2 aromatic rings. The molecule has 1 atom stereocenters. The van der Waals surface area contributed by atoms with Crippen molar-refractivity contribution in [3.8, 4) is 0 Å². The first-order valence-electron chi connectivity index (χ1n) is 11.8. The minimum Gasteiger partial charge on any atom is -0.458 e. The van der Waals surface area contributed by atoms with Crippen LogP contribution in [0.1, 0.15) is 50.5 Å². The third-order valence-corrected chi connectivity index (χ3v) is 7.41. The molecule has 3 aliphatic rings. The first kappa shape index (κ1) is 21.0. The van der Waals surface area contributed by atoms with Gasteiger partial charge in [-0.05, 0) is 48.1 Å². The normalized spacial score (nSPS) is 23.4. The fraction of sp³-hybridized carbons (Fsp3) is 0.500. The Labute approximate surface area is 188 Å². The number of ether oxygens (including phenoxy) is 1. The number of amides is 2. The molecular weight excluding hydrogens is 404 g/mol. The molecule has 0 bridgehead atoms. The van der Waals surface area contributed by atoms with Gasteiger partial charge in [0.05, 0.1) is 12.3 Å². The summed E-state index contributed by atoms with van der Waals surface area (Å²) in [5.74, 6) is -0.607. The van der Waals surface area contributed by atoms with Crippen LogP contribution in [0.2, 0.25) is 0 Å². The summed E-state index contributed by atoms with van der Waals surface area (Å²) in [6.07, 6.45) is 5.15. The number of benzene rings is 2. The molecule has 2 aromatic carbocycles. The van der Waals surface area contributed by atoms with Crippen molar-refractivity contribution in [3.05, 3.63) is 48.0 Å². The van der Waals surface area contributed by atoms with Crippen LogP contribution in [-0.4, -0.2) is 52.8 Å². The van der Waals surface area contributed by atoms with Gasteiger partial charge in [-0.3, -0.25) is 14.4 Å². The first-order chi connectivity index (χ1) is 15.5. The van der Waals surface area contributed by atoms with E-state index in [1.807, 2.05) is 17.0 Å². The number of fused-ring (bicyclic) bond motifs is 1. The summed E-state index contributed by atoms with van der Waals surface area (Å²) in [7, 11) is 0. The monoisotopic (exact) mass is 434 g/mol. The van der Waals surface area contributed by atoms with E-state index >= 15 is 0 Å². The van der Waals surface area contributed by atoms with Gasteiger partial charge < -0.3 is 14.5 Å². The van der Waals surface area contributed by atoms with Gasteiger partial charge in [-0.25, -0.2) is 0 Å². The Hall–Kier alpha value is -2.89. The summed E-state index contributed by atoms with van der Waals surface area (Å²) in [5, 5.41) is 2.34. The number of rotatable bonds is 3. The zero-order chi connectivity index (χ0) is 22.1. The van der Waals surface area contributed by atoms with Gasteiger partial charge in [0.15, 0.2) is 0 Å². The Morgan fingerprint density at radius 1 is 0.969 bits per heavy atom. The van der Waals surface area contributed by atoms with E-state index in [1.54, 1.807) is 4.90 Å². The van der Waals surface area contributed by atoms with E-state index in [-0.39, 0.29) is 24.2 Å². The zero-order valence-corrected chi connectivity index (χ0v) is 18.4. The number of hydrogen-bond donors (Lipinski definition) is 0. The fourth-order valence-corrected chi connectivity index (χ4v) is 5.64. The highest BCUT2D eigenvalue weighted by Gasteiger charge is 2.53. The number of carbonyl (C=O) groups is 3. The lowest BCUT2D eigenvalue weighted by Gasteiger charge is -2.37. The molecule has 0 aromatic heterocycles. The van der Waals surface area contributed by atoms with Crippen molar-refractivity contribution in [2.75, 3.05) is 19.6 Å². The van der Waals surface area contributed by atoms with E-state index in [0.717, 1.165) is 43.1 Å². The van der Waals surface area contributed by atoms with Gasteiger partial charge in [0.2, 0.25) is 11.8 Å². The Morgan fingerprint density at radius 2 is 1.75 bits per heavy atom. The predicted molar refractivity (Wildman–Crippen MR) is 121 cm³/mol. The van der Waals surface area contributed by atoms with Gasteiger partial charge >= 0.3 is 5.97 Å². The van der Waals surface area contributed by atoms with Crippen LogP contribution >= 0.6 is 0 Å². The van der Waals surface area contributed by atoms with Crippen LogP contribution in [0, 0.1) is 5.92 Å². The van der Waals surface area contributed by atoms with E-state index in [0.29, 0.717) is 32.6 Å². The van der Waals surface area contributed by atoms with E-state index in [4.69, 9.17) is 4.74 Å². The maximum Gasteiger partial charge on any atom is 0.307 e. The van der Waals surface area contributed by atoms with Gasteiger partial charge in [0, 0.05) is 32.6 Å². The standard InChI is InChI=1S/C26H30N2O4/c29-23-10-13-27(25(31)22-17-24(30)32-26(22)11-4-1-5-12-26)14-15-28(23)18-19-8-9-20-6-2-3-7-21(20)16-19/h2-3,6-9,16,22H,1,4-5,10-15,17-18H2/t22-/m1/s1. The summed E-state index contributed by atoms with van der Waals surface area (Å²) < 4.78 is 5.74. The van der Waals surface area contributed by atoms with Crippen molar-refractivity contribution in [1.82, 2.24) is 9.80 Å². The van der Waals surface area contributed by atoms with Crippen LogP contribution in [0.15, 0.2) is 42.5 Å². The fourth-order valence-electron chi connectivity index (χ4n) is 5.64. The van der Waals surface area contributed by atoms with Crippen molar-refractivity contribution in [1.29, 1.82) is 0 Å². The largest absolute Gasteiger partial charge is 0.458 e. The molecule has 0 unspecified atom stereocenters. The molecule has 0 N–H and O–H groups in total. The lowest BCUT2D eigenvalue weighted by Crippen LogP contribution is -2.48. The van der Waals surface area contributed by atoms with Crippen molar-refractivity contribution in [2.45, 2.75) is 57.1 Å². The summed E-state index contributed by atoms with van der Waals surface area (Å²) in [4.78, 5) is 42.1. The molecule has 5 rings (SSSR count). The summed E-state index contributed by atoms with van der Waals surface area (Å²) in [6, 6.07) is 14.5. The first-order valence-corrected chi connectivity index (χ1v) is 11.8. The quantitative estimate of drug-likeness (QED) is 0.692. The summed E-state index contributed by atoms with van der Waals surface area (Å²) in [6.45, 7) is 1.96. The molecule has 6 nitrogen and oxygen atoms in total. The molecule has 1 saturated carbocycles. The van der Waals surface area contributed by atoms with Gasteiger partial charge in [-0.2, -0.15) is 0 Å². The van der Waals surface area contributed by atoms with Crippen LogP contribution in [0.25, 0.3) is 10.8 Å². The molecular formula is C26H30N2O4. The van der Waals surface area contributed by atoms with E-state index in [2.05, 4.69) is 30.3 Å². The minimum absolute atomic E-state index is 0.0156. The molecule has 0 radical (unpaired) electrons. The molecule has 2 saturated heterocycles. The van der Waals surface area contributed by atoms with Crippen LogP contribution < -0.4 is 0 Å². The van der Waals surface area contributed by atoms with Crippen molar-refractivity contribution < 1.29 is 19.1 Å². The number of nitrogens with zero attached hydrogens (tertiary/aromatic N) is 2. The Balaban J connectivity index is 1.27. The second-order valence-corrected chi connectivity index (χ2v) is 9.43. The van der Waals surface area contributed by atoms with Gasteiger partial charge in [0.1, 0.15) is 5.60 Å². The third kappa shape index (κ3) is 3.98. The van der Waals surface area contributed by atoms with E-state index < -0.39 is 11.5 Å². The van der Waals surface area contributed by atoms with E-state index in [9.17, 15) is 14.4 Å². The predicted octanol–water partition coefficient (Wildman–Crippen LogP) is 3.67. The number of esters is 1. The molecule has 168 valence electrons. The average molecular weight is 435 g/mol. The third-order valence-electron chi connectivity index (χ3n) is 7.41. The molecule has 32 heavy (non-hydrogen) atoms. The van der Waals surface area contributed by atoms with Crippen LogP contribution in [0.5, 0.6) is 0 Å². The molecule has 1 spiro atoms. The molecule has 3 fully saturated rings. The Kier molecular flexibility index (Phi) is 5.62. The van der Waals surface area contributed by atoms with Gasteiger partial charge in [-0.1, -0.05) is 42.8 Å². The van der Waals surface area contributed by atoms with Gasteiger partial charge in [0.25, 0.3) is 0 Å². The van der Waals surface area contributed by atoms with Crippen LogP contribution in [-0.2, 0) is 25.7 Å². The molecule has 6 heteroatoms. The number of hydrogen-bond acceptors (Lipinski definition) is 4. The maximum atomic E-state index is 13.5. The molecule has 1 aliphatic carbocycles. The second-order valence-electron chi connectivity index (χ2n) is 9.43. The van der Waals surface area contributed by atoms with Crippen LogP contribution in [0.3, 0.4) is 0 Å². The lowest BCUT2D eigenvalue weighted by molar-refractivity contribution is -0.155. The minimum atomic E-state index is -0.618. The maximum absolute atomic E-state index is 13.5. The van der Waals surface area contributed by atoms with Gasteiger partial charge in [-0.15, -0.1) is 0 Å². The highest BCUT2D eigenvalue weighted by Crippen LogP contribution is 2.45. The Morgan fingerprint density at radius 3 is 2.56 bits per heavy atom. The van der Waals surface area contributed by atoms with Crippen molar-refractivity contribution >= 4 is 28.6 Å². The highest BCUT2D eigenvalue weighted by molar-refractivity contribution is 5.89. The number of carbonyl (C=O) groups excluding carboxylic acids is 3. The van der Waals surface area contributed by atoms with Crippen molar-refractivity contribution in [3.63, 3.8) is 0 Å². The average Bonchev–Trinajstić information content (AvgIpc) is 3.00. The Bertz CT molecular complexity index is 1040. The zero-order valence-electron chi connectivity index (χ0n) is 18.4.